The van der Waals surface area contributed by atoms with Crippen LogP contribution in [0.5, 0.6) is 5.75 Å². The number of amides is 2. The highest BCUT2D eigenvalue weighted by molar-refractivity contribution is 5.91. The molecule has 2 N–H and O–H groups in total. The Morgan fingerprint density at radius 3 is 2.54 bits per heavy atom. The van der Waals surface area contributed by atoms with E-state index >= 15 is 0 Å². The first-order valence-electron chi connectivity index (χ1n) is 7.16. The fraction of sp³-hybridized carbons (Fsp3) is 0.235. The van der Waals surface area contributed by atoms with Gasteiger partial charge in [-0.25, -0.2) is 4.79 Å². The number of methoxy groups -OCH3 is 1. The number of aryl methyl sites for hydroxylation is 1. The van der Waals surface area contributed by atoms with E-state index in [-0.39, 0.29) is 12.1 Å². The molecule has 2 rings (SSSR count). The third-order valence-corrected chi connectivity index (χ3v) is 3.37. The van der Waals surface area contributed by atoms with Gasteiger partial charge in [0.1, 0.15) is 5.75 Å². The Morgan fingerprint density at radius 2 is 1.88 bits per heavy atom. The number of hydrogen-bond donors (Lipinski definition) is 2. The summed E-state index contributed by atoms with van der Waals surface area (Å²) in [6.07, 6.45) is -4.46. The van der Waals surface area contributed by atoms with Crippen molar-refractivity contribution in [3.8, 4) is 5.75 Å². The van der Waals surface area contributed by atoms with Crippen molar-refractivity contribution in [3.05, 3.63) is 59.2 Å². The van der Waals surface area contributed by atoms with E-state index in [4.69, 9.17) is 4.74 Å². The second-order valence-corrected chi connectivity index (χ2v) is 5.17. The van der Waals surface area contributed by atoms with E-state index in [2.05, 4.69) is 10.6 Å². The largest absolute Gasteiger partial charge is 0.495 e. The molecule has 0 saturated carbocycles. The first-order valence-corrected chi connectivity index (χ1v) is 7.16. The van der Waals surface area contributed by atoms with Gasteiger partial charge in [-0.05, 0) is 36.2 Å². The van der Waals surface area contributed by atoms with E-state index < -0.39 is 17.8 Å². The Morgan fingerprint density at radius 1 is 1.17 bits per heavy atom. The third-order valence-electron chi connectivity index (χ3n) is 3.37. The Labute approximate surface area is 137 Å². The number of urea groups is 1. The van der Waals surface area contributed by atoms with Gasteiger partial charge >= 0.3 is 12.2 Å². The summed E-state index contributed by atoms with van der Waals surface area (Å²) in [7, 11) is 1.47. The Bertz CT molecular complexity index is 730. The molecule has 2 aromatic rings. The third kappa shape index (κ3) is 4.41. The van der Waals surface area contributed by atoms with Gasteiger partial charge in [-0.3, -0.25) is 0 Å². The lowest BCUT2D eigenvalue weighted by Gasteiger charge is -2.14. The number of ether oxygens (including phenoxy) is 1. The SMILES string of the molecule is COc1ccc(C)cc1NC(=O)NCc1ccccc1C(F)(F)F. The van der Waals surface area contributed by atoms with Gasteiger partial charge in [-0.1, -0.05) is 24.3 Å². The van der Waals surface area contributed by atoms with Gasteiger partial charge in [-0.15, -0.1) is 0 Å². The van der Waals surface area contributed by atoms with Gasteiger partial charge in [0.15, 0.2) is 0 Å². The van der Waals surface area contributed by atoms with Crippen LogP contribution in [0.3, 0.4) is 0 Å². The molecule has 4 nitrogen and oxygen atoms in total. The lowest BCUT2D eigenvalue weighted by molar-refractivity contribution is -0.138. The van der Waals surface area contributed by atoms with Gasteiger partial charge in [0.05, 0.1) is 18.4 Å². The van der Waals surface area contributed by atoms with E-state index in [1.54, 1.807) is 12.1 Å². The highest BCUT2D eigenvalue weighted by Crippen LogP contribution is 2.31. The molecule has 128 valence electrons. The van der Waals surface area contributed by atoms with Gasteiger partial charge in [0, 0.05) is 6.54 Å². The summed E-state index contributed by atoms with van der Waals surface area (Å²) in [6.45, 7) is 1.61. The molecule has 0 heterocycles. The Balaban J connectivity index is 2.06. The van der Waals surface area contributed by atoms with Crippen molar-refractivity contribution in [2.45, 2.75) is 19.6 Å². The van der Waals surface area contributed by atoms with E-state index in [0.717, 1.165) is 11.6 Å². The predicted molar refractivity (Wildman–Crippen MR) is 85.0 cm³/mol. The second-order valence-electron chi connectivity index (χ2n) is 5.17. The molecule has 2 amide bonds. The summed E-state index contributed by atoms with van der Waals surface area (Å²) in [5.41, 5.74) is 0.586. The van der Waals surface area contributed by atoms with Crippen LogP contribution in [0.2, 0.25) is 0 Å². The van der Waals surface area contributed by atoms with Crippen molar-refractivity contribution in [2.75, 3.05) is 12.4 Å². The monoisotopic (exact) mass is 338 g/mol. The first kappa shape index (κ1) is 17.7. The highest BCUT2D eigenvalue weighted by atomic mass is 19.4. The maximum Gasteiger partial charge on any atom is 0.416 e. The van der Waals surface area contributed by atoms with Crippen LogP contribution in [0.1, 0.15) is 16.7 Å². The number of anilines is 1. The molecule has 0 aliphatic rings. The molecular weight excluding hydrogens is 321 g/mol. The number of rotatable bonds is 4. The second kappa shape index (κ2) is 7.25. The maximum atomic E-state index is 12.9. The molecule has 2 aromatic carbocycles. The number of alkyl halides is 3. The maximum absolute atomic E-state index is 12.9. The number of hydrogen-bond acceptors (Lipinski definition) is 2. The summed E-state index contributed by atoms with van der Waals surface area (Å²) in [5.74, 6) is 0.464. The van der Waals surface area contributed by atoms with Crippen molar-refractivity contribution < 1.29 is 22.7 Å². The molecule has 0 radical (unpaired) electrons. The lowest BCUT2D eigenvalue weighted by Crippen LogP contribution is -2.29. The molecule has 0 saturated heterocycles. The summed E-state index contributed by atoms with van der Waals surface area (Å²) in [5, 5.41) is 5.00. The van der Waals surface area contributed by atoms with Crippen LogP contribution < -0.4 is 15.4 Å². The van der Waals surface area contributed by atoms with Crippen LogP contribution in [-0.4, -0.2) is 13.1 Å². The fourth-order valence-corrected chi connectivity index (χ4v) is 2.21. The quantitative estimate of drug-likeness (QED) is 0.871. The molecule has 0 fully saturated rings. The van der Waals surface area contributed by atoms with Crippen molar-refractivity contribution >= 4 is 11.7 Å². The van der Waals surface area contributed by atoms with Gasteiger partial charge in [0.2, 0.25) is 0 Å². The molecule has 24 heavy (non-hydrogen) atoms. The predicted octanol–water partition coefficient (Wildman–Crippen LogP) is 4.34. The lowest BCUT2D eigenvalue weighted by atomic mass is 10.1. The summed E-state index contributed by atoms with van der Waals surface area (Å²) in [6, 6.07) is 9.73. The Hall–Kier alpha value is -2.70. The fourth-order valence-electron chi connectivity index (χ4n) is 2.21. The molecule has 7 heteroatoms. The minimum absolute atomic E-state index is 0.00337. The standard InChI is InChI=1S/C17H17F3N2O2/c1-11-7-8-15(24-2)14(9-11)22-16(23)21-10-12-5-3-4-6-13(12)17(18,19)20/h3-9H,10H2,1-2H3,(H2,21,22,23). The molecule has 0 unspecified atom stereocenters. The summed E-state index contributed by atoms with van der Waals surface area (Å²) < 4.78 is 43.9. The number of carbonyl (C=O) groups is 1. The average Bonchev–Trinajstić information content (AvgIpc) is 2.52. The van der Waals surface area contributed by atoms with E-state index in [0.29, 0.717) is 11.4 Å². The zero-order valence-electron chi connectivity index (χ0n) is 13.2. The Kier molecular flexibility index (Phi) is 5.33. The normalized spacial score (nSPS) is 11.0. The number of nitrogens with one attached hydrogen (secondary N) is 2. The van der Waals surface area contributed by atoms with E-state index in [1.165, 1.54) is 25.3 Å². The van der Waals surface area contributed by atoms with E-state index in [9.17, 15) is 18.0 Å². The first-order chi connectivity index (χ1) is 11.3. The zero-order chi connectivity index (χ0) is 17.7. The molecule has 0 aliphatic carbocycles. The van der Waals surface area contributed by atoms with Crippen LogP contribution >= 0.6 is 0 Å². The molecule has 0 spiro atoms. The van der Waals surface area contributed by atoms with Crippen LogP contribution in [-0.2, 0) is 12.7 Å². The van der Waals surface area contributed by atoms with Crippen molar-refractivity contribution in [1.82, 2.24) is 5.32 Å². The minimum atomic E-state index is -4.46. The average molecular weight is 338 g/mol. The van der Waals surface area contributed by atoms with Gasteiger partial charge < -0.3 is 15.4 Å². The topological polar surface area (TPSA) is 50.4 Å². The van der Waals surface area contributed by atoms with Gasteiger partial charge in [0.25, 0.3) is 0 Å². The smallest absolute Gasteiger partial charge is 0.416 e. The molecule has 0 bridgehead atoms. The van der Waals surface area contributed by atoms with Crippen molar-refractivity contribution in [2.24, 2.45) is 0 Å². The van der Waals surface area contributed by atoms with Crippen molar-refractivity contribution in [3.63, 3.8) is 0 Å². The minimum Gasteiger partial charge on any atom is -0.495 e. The van der Waals surface area contributed by atoms with Gasteiger partial charge in [-0.2, -0.15) is 13.2 Å². The van der Waals surface area contributed by atoms with Crippen LogP contribution in [0, 0.1) is 6.92 Å². The molecule has 0 aliphatic heterocycles. The van der Waals surface area contributed by atoms with Crippen molar-refractivity contribution in [1.29, 1.82) is 0 Å². The molecule has 0 aromatic heterocycles. The summed E-state index contributed by atoms with van der Waals surface area (Å²) >= 11 is 0. The number of carbonyl (C=O) groups excluding carboxylic acids is 1. The molecule has 0 atom stereocenters. The molecular formula is C17H17F3N2O2. The van der Waals surface area contributed by atoms with Crippen LogP contribution in [0.15, 0.2) is 42.5 Å². The van der Waals surface area contributed by atoms with E-state index in [1.807, 2.05) is 13.0 Å². The van der Waals surface area contributed by atoms with Crippen LogP contribution in [0.25, 0.3) is 0 Å². The number of benzene rings is 2. The summed E-state index contributed by atoms with van der Waals surface area (Å²) in [4.78, 5) is 12.0. The zero-order valence-corrected chi connectivity index (χ0v) is 13.2. The van der Waals surface area contributed by atoms with Crippen LogP contribution in [0.4, 0.5) is 23.7 Å². The highest BCUT2D eigenvalue weighted by Gasteiger charge is 2.32. The number of halogens is 3.